The lowest BCUT2D eigenvalue weighted by molar-refractivity contribution is 0.893. The normalized spacial score (nSPS) is 11.0. The van der Waals surface area contributed by atoms with Crippen LogP contribution in [0.5, 0.6) is 0 Å². The maximum atomic E-state index is 4.25. The zero-order valence-electron chi connectivity index (χ0n) is 8.54. The van der Waals surface area contributed by atoms with Crippen molar-refractivity contribution in [1.29, 1.82) is 0 Å². The molecule has 2 heteroatoms. The maximum absolute atomic E-state index is 4.25. The fourth-order valence-corrected chi connectivity index (χ4v) is 1.15. The third kappa shape index (κ3) is 2.31. The van der Waals surface area contributed by atoms with Crippen LogP contribution in [0.3, 0.4) is 0 Å². The van der Waals surface area contributed by atoms with E-state index in [1.165, 1.54) is 11.3 Å². The zero-order valence-corrected chi connectivity index (χ0v) is 8.54. The van der Waals surface area contributed by atoms with Gasteiger partial charge in [-0.15, -0.1) is 0 Å². The molecule has 2 nitrogen and oxygen atoms in total. The molecule has 1 aromatic heterocycles. The molecule has 0 radical (unpaired) electrons. The van der Waals surface area contributed by atoms with E-state index in [2.05, 4.69) is 25.5 Å². The fourth-order valence-electron chi connectivity index (χ4n) is 1.15. The molecule has 0 amide bonds. The summed E-state index contributed by atoms with van der Waals surface area (Å²) < 4.78 is 1.88. The van der Waals surface area contributed by atoms with Crippen LogP contribution in [0.4, 0.5) is 0 Å². The van der Waals surface area contributed by atoms with Gasteiger partial charge in [0, 0.05) is 11.9 Å². The number of aryl methyl sites for hydroxylation is 1. The highest BCUT2D eigenvalue weighted by Gasteiger charge is 2.00. The van der Waals surface area contributed by atoms with Crippen LogP contribution in [-0.2, 0) is 6.42 Å². The van der Waals surface area contributed by atoms with Gasteiger partial charge in [-0.2, -0.15) is 5.10 Å². The van der Waals surface area contributed by atoms with Gasteiger partial charge in [-0.3, -0.25) is 0 Å². The first-order valence-corrected chi connectivity index (χ1v) is 4.51. The quantitative estimate of drug-likeness (QED) is 0.647. The predicted molar refractivity (Wildman–Crippen MR) is 56.5 cm³/mol. The second-order valence-electron chi connectivity index (χ2n) is 3.22. The Kier molecular flexibility index (Phi) is 3.07. The number of hydrogen-bond acceptors (Lipinski definition) is 1. The van der Waals surface area contributed by atoms with Gasteiger partial charge in [-0.25, -0.2) is 4.68 Å². The van der Waals surface area contributed by atoms with E-state index < -0.39 is 0 Å². The summed E-state index contributed by atoms with van der Waals surface area (Å²) in [5, 5.41) is 4.25. The second kappa shape index (κ2) is 4.08. The van der Waals surface area contributed by atoms with E-state index >= 15 is 0 Å². The Balaban J connectivity index is 2.90. The summed E-state index contributed by atoms with van der Waals surface area (Å²) in [6.07, 6.45) is 6.85. The van der Waals surface area contributed by atoms with Crippen molar-refractivity contribution in [2.45, 2.75) is 27.2 Å². The number of aromatic nitrogens is 2. The van der Waals surface area contributed by atoms with Crippen LogP contribution in [-0.4, -0.2) is 9.78 Å². The minimum Gasteiger partial charge on any atom is -0.245 e. The largest absolute Gasteiger partial charge is 0.245 e. The van der Waals surface area contributed by atoms with Gasteiger partial charge in [0.15, 0.2) is 0 Å². The van der Waals surface area contributed by atoms with Gasteiger partial charge < -0.3 is 0 Å². The van der Waals surface area contributed by atoms with Gasteiger partial charge in [0.1, 0.15) is 0 Å². The van der Waals surface area contributed by atoms with Crippen molar-refractivity contribution in [3.8, 4) is 0 Å². The molecule has 13 heavy (non-hydrogen) atoms. The fraction of sp³-hybridized carbons (Fsp3) is 0.364. The first kappa shape index (κ1) is 9.78. The summed E-state index contributed by atoms with van der Waals surface area (Å²) in [4.78, 5) is 0. The lowest BCUT2D eigenvalue weighted by Gasteiger charge is -1.97. The third-order valence-corrected chi connectivity index (χ3v) is 2.03. The molecule has 0 N–H and O–H groups in total. The van der Waals surface area contributed by atoms with Crippen LogP contribution < -0.4 is 0 Å². The van der Waals surface area contributed by atoms with Gasteiger partial charge in [0.25, 0.3) is 0 Å². The monoisotopic (exact) mass is 176 g/mol. The Hall–Kier alpha value is -1.31. The van der Waals surface area contributed by atoms with Gasteiger partial charge >= 0.3 is 0 Å². The van der Waals surface area contributed by atoms with Crippen molar-refractivity contribution < 1.29 is 0 Å². The van der Waals surface area contributed by atoms with E-state index in [4.69, 9.17) is 0 Å². The average molecular weight is 176 g/mol. The van der Waals surface area contributed by atoms with Crippen LogP contribution in [0.1, 0.15) is 25.1 Å². The highest BCUT2D eigenvalue weighted by atomic mass is 15.3. The zero-order chi connectivity index (χ0) is 9.84. The van der Waals surface area contributed by atoms with Gasteiger partial charge in [-0.1, -0.05) is 19.1 Å². The number of allylic oxidation sites excluding steroid dienone is 2. The van der Waals surface area contributed by atoms with E-state index in [1.807, 2.05) is 30.1 Å². The predicted octanol–water partition coefficient (Wildman–Crippen LogP) is 2.80. The highest BCUT2D eigenvalue weighted by Crippen LogP contribution is 2.08. The average Bonchev–Trinajstić information content (AvgIpc) is 2.43. The summed E-state index contributed by atoms with van der Waals surface area (Å²) in [5.41, 5.74) is 3.54. The van der Waals surface area contributed by atoms with Crippen molar-refractivity contribution in [3.63, 3.8) is 0 Å². The molecule has 0 spiro atoms. The Morgan fingerprint density at radius 1 is 1.69 bits per heavy atom. The molecule has 1 rings (SSSR count). The topological polar surface area (TPSA) is 17.8 Å². The first-order chi connectivity index (χ1) is 6.15. The van der Waals surface area contributed by atoms with Crippen molar-refractivity contribution >= 4 is 6.20 Å². The number of hydrogen-bond donors (Lipinski definition) is 0. The van der Waals surface area contributed by atoms with Crippen LogP contribution in [0.2, 0.25) is 0 Å². The molecule has 1 aromatic rings. The molecule has 0 saturated carbocycles. The lowest BCUT2D eigenvalue weighted by atomic mass is 10.2. The van der Waals surface area contributed by atoms with Crippen molar-refractivity contribution in [2.75, 3.05) is 0 Å². The molecule has 0 fully saturated rings. The molecule has 0 saturated heterocycles. The first-order valence-electron chi connectivity index (χ1n) is 4.51. The molecule has 0 aliphatic carbocycles. The minimum absolute atomic E-state index is 1.03. The van der Waals surface area contributed by atoms with Gasteiger partial charge in [0.2, 0.25) is 0 Å². The summed E-state index contributed by atoms with van der Waals surface area (Å²) in [5.74, 6) is 0. The molecule has 0 unspecified atom stereocenters. The van der Waals surface area contributed by atoms with E-state index in [-0.39, 0.29) is 0 Å². The van der Waals surface area contributed by atoms with Crippen molar-refractivity contribution in [1.82, 2.24) is 9.78 Å². The molecule has 0 bridgehead atoms. The standard InChI is InChI=1S/C11H16N2/c1-5-11-8-12-13(10(11)4)7-6-9(2)3/h6-8H,2,5H2,1,3-4H3/b7-6-. The van der Waals surface area contributed by atoms with Crippen LogP contribution in [0.25, 0.3) is 6.20 Å². The second-order valence-corrected chi connectivity index (χ2v) is 3.22. The van der Waals surface area contributed by atoms with Gasteiger partial charge in [-0.05, 0) is 31.9 Å². The SMILES string of the molecule is C=C(C)/C=C\n1ncc(CC)c1C. The van der Waals surface area contributed by atoms with E-state index in [0.717, 1.165) is 12.0 Å². The number of rotatable bonds is 3. The number of nitrogens with zero attached hydrogens (tertiary/aromatic N) is 2. The Bertz CT molecular complexity index is 332. The van der Waals surface area contributed by atoms with E-state index in [9.17, 15) is 0 Å². The van der Waals surface area contributed by atoms with Gasteiger partial charge in [0.05, 0.1) is 6.20 Å². The molecule has 0 aliphatic rings. The smallest absolute Gasteiger partial charge is 0.0528 e. The lowest BCUT2D eigenvalue weighted by Crippen LogP contribution is -1.92. The molecular weight excluding hydrogens is 160 g/mol. The maximum Gasteiger partial charge on any atom is 0.0528 e. The molecule has 1 heterocycles. The molecule has 0 aliphatic heterocycles. The molecular formula is C11H16N2. The van der Waals surface area contributed by atoms with E-state index in [1.54, 1.807) is 0 Å². The summed E-state index contributed by atoms with van der Waals surface area (Å²) >= 11 is 0. The summed E-state index contributed by atoms with van der Waals surface area (Å²) in [7, 11) is 0. The minimum atomic E-state index is 1.03. The Morgan fingerprint density at radius 2 is 2.38 bits per heavy atom. The van der Waals surface area contributed by atoms with Crippen LogP contribution >= 0.6 is 0 Å². The Morgan fingerprint density at radius 3 is 2.85 bits per heavy atom. The molecule has 0 atom stereocenters. The third-order valence-electron chi connectivity index (χ3n) is 2.03. The Labute approximate surface area is 79.6 Å². The summed E-state index contributed by atoms with van der Waals surface area (Å²) in [6, 6.07) is 0. The van der Waals surface area contributed by atoms with Crippen molar-refractivity contribution in [3.05, 3.63) is 35.7 Å². The highest BCUT2D eigenvalue weighted by molar-refractivity contribution is 5.34. The molecule has 70 valence electrons. The van der Waals surface area contributed by atoms with Crippen molar-refractivity contribution in [2.24, 2.45) is 0 Å². The summed E-state index contributed by atoms with van der Waals surface area (Å²) in [6.45, 7) is 9.98. The molecule has 0 aromatic carbocycles. The van der Waals surface area contributed by atoms with Crippen LogP contribution in [0, 0.1) is 6.92 Å². The van der Waals surface area contributed by atoms with E-state index in [0.29, 0.717) is 0 Å². The van der Waals surface area contributed by atoms with Crippen LogP contribution in [0.15, 0.2) is 24.4 Å².